The molecule has 3 aromatic carbocycles. The van der Waals surface area contributed by atoms with Gasteiger partial charge in [-0.1, -0.05) is 35.9 Å². The minimum absolute atomic E-state index is 0.153. The van der Waals surface area contributed by atoms with Crippen LogP contribution in [0.4, 0.5) is 11.4 Å². The van der Waals surface area contributed by atoms with Crippen molar-refractivity contribution >= 4 is 39.8 Å². The van der Waals surface area contributed by atoms with Crippen LogP contribution in [0, 0.1) is 13.8 Å². The van der Waals surface area contributed by atoms with E-state index in [0.29, 0.717) is 33.9 Å². The van der Waals surface area contributed by atoms with E-state index in [0.717, 1.165) is 16.9 Å². The van der Waals surface area contributed by atoms with Crippen LogP contribution in [0.3, 0.4) is 0 Å². The van der Waals surface area contributed by atoms with Crippen molar-refractivity contribution in [1.82, 2.24) is 14.9 Å². The van der Waals surface area contributed by atoms with Crippen molar-refractivity contribution in [2.75, 3.05) is 11.9 Å². The van der Waals surface area contributed by atoms with Crippen molar-refractivity contribution in [2.24, 2.45) is 0 Å². The summed E-state index contributed by atoms with van der Waals surface area (Å²) in [5.74, 6) is 0.254. The summed E-state index contributed by atoms with van der Waals surface area (Å²) in [6, 6.07) is 18.4. The third-order valence-electron chi connectivity index (χ3n) is 5.76. The van der Waals surface area contributed by atoms with Crippen molar-refractivity contribution < 1.29 is 4.79 Å². The molecule has 0 unspecified atom stereocenters. The van der Waals surface area contributed by atoms with Crippen LogP contribution in [-0.2, 0) is 6.54 Å². The van der Waals surface area contributed by atoms with Crippen LogP contribution < -0.4 is 10.9 Å². The molecule has 33 heavy (non-hydrogen) atoms. The van der Waals surface area contributed by atoms with Gasteiger partial charge < -0.3 is 15.2 Å². The summed E-state index contributed by atoms with van der Waals surface area (Å²) in [7, 11) is 0. The molecule has 6 nitrogen and oxygen atoms in total. The third-order valence-corrected chi connectivity index (χ3v) is 5.99. The number of nitrogens with zero attached hydrogens (tertiary/aromatic N) is 2. The molecule has 0 aliphatic rings. The first kappa shape index (κ1) is 22.6. The standard InChI is InChI=1S/C26H25ClN4O2/c1-4-31(15-24-29-23-14-18(27)12-13-19(23)25(32)30-24)26(33)20-9-5-6-10-22(20)28-21-11-7-8-16(2)17(21)3/h5-14,28H,4,15H2,1-3H3,(H,29,30,32). The number of carbonyl (C=O) groups is 1. The highest BCUT2D eigenvalue weighted by molar-refractivity contribution is 6.31. The molecular formula is C26H25ClN4O2. The third kappa shape index (κ3) is 4.76. The van der Waals surface area contributed by atoms with Crippen LogP contribution in [0.2, 0.25) is 5.02 Å². The smallest absolute Gasteiger partial charge is 0.258 e. The number of hydrogen-bond acceptors (Lipinski definition) is 4. The first-order chi connectivity index (χ1) is 15.9. The Labute approximate surface area is 197 Å². The molecule has 0 atom stereocenters. The maximum absolute atomic E-state index is 13.5. The van der Waals surface area contributed by atoms with E-state index >= 15 is 0 Å². The highest BCUT2D eigenvalue weighted by Gasteiger charge is 2.19. The molecule has 0 saturated carbocycles. The SMILES string of the molecule is CCN(Cc1nc2cc(Cl)ccc2c(=O)[nH]1)C(=O)c1ccccc1Nc1cccc(C)c1C. The quantitative estimate of drug-likeness (QED) is 0.392. The molecule has 0 fully saturated rings. The minimum atomic E-state index is -0.257. The number of carbonyl (C=O) groups excluding carboxylic acids is 1. The average molecular weight is 461 g/mol. The number of amides is 1. The molecule has 0 radical (unpaired) electrons. The molecule has 0 aliphatic heterocycles. The Morgan fingerprint density at radius 1 is 1.06 bits per heavy atom. The van der Waals surface area contributed by atoms with Gasteiger partial charge in [0, 0.05) is 17.3 Å². The van der Waals surface area contributed by atoms with Gasteiger partial charge in [0.15, 0.2) is 0 Å². The van der Waals surface area contributed by atoms with Crippen LogP contribution in [0.1, 0.15) is 34.2 Å². The fourth-order valence-corrected chi connectivity index (χ4v) is 3.89. The molecule has 0 bridgehead atoms. The molecule has 1 heterocycles. The Balaban J connectivity index is 1.64. The van der Waals surface area contributed by atoms with Crippen LogP contribution in [0.5, 0.6) is 0 Å². The predicted molar refractivity (Wildman–Crippen MR) is 133 cm³/mol. The molecule has 0 aliphatic carbocycles. The van der Waals surface area contributed by atoms with Crippen molar-refractivity contribution in [3.8, 4) is 0 Å². The molecule has 0 saturated heterocycles. The zero-order valence-electron chi connectivity index (χ0n) is 18.8. The first-order valence-electron chi connectivity index (χ1n) is 10.8. The summed E-state index contributed by atoms with van der Waals surface area (Å²) in [6.07, 6.45) is 0. The summed E-state index contributed by atoms with van der Waals surface area (Å²) >= 11 is 6.07. The van der Waals surface area contributed by atoms with Gasteiger partial charge in [0.25, 0.3) is 11.5 Å². The molecule has 1 aromatic heterocycles. The van der Waals surface area contributed by atoms with Gasteiger partial charge in [0.1, 0.15) is 5.82 Å². The highest BCUT2D eigenvalue weighted by atomic mass is 35.5. The first-order valence-corrected chi connectivity index (χ1v) is 11.1. The summed E-state index contributed by atoms with van der Waals surface area (Å²) in [5.41, 5.74) is 4.77. The Bertz CT molecular complexity index is 1400. The van der Waals surface area contributed by atoms with Crippen LogP contribution in [0.25, 0.3) is 10.9 Å². The largest absolute Gasteiger partial charge is 0.355 e. The number of aryl methyl sites for hydroxylation is 1. The predicted octanol–water partition coefficient (Wildman–Crippen LogP) is 5.60. The number of anilines is 2. The van der Waals surface area contributed by atoms with Gasteiger partial charge in [-0.05, 0) is 68.3 Å². The van der Waals surface area contributed by atoms with E-state index < -0.39 is 0 Å². The van der Waals surface area contributed by atoms with Crippen molar-refractivity contribution in [3.63, 3.8) is 0 Å². The number of para-hydroxylation sites is 1. The van der Waals surface area contributed by atoms with Gasteiger partial charge in [0.05, 0.1) is 28.7 Å². The van der Waals surface area contributed by atoms with Crippen LogP contribution >= 0.6 is 11.6 Å². The summed E-state index contributed by atoms with van der Waals surface area (Å²) in [5, 5.41) is 4.37. The van der Waals surface area contributed by atoms with Gasteiger partial charge in [-0.3, -0.25) is 9.59 Å². The molecule has 0 spiro atoms. The lowest BCUT2D eigenvalue weighted by Gasteiger charge is -2.22. The van der Waals surface area contributed by atoms with E-state index in [1.165, 1.54) is 5.56 Å². The normalized spacial score (nSPS) is 10.9. The Kier molecular flexibility index (Phi) is 6.47. The number of aromatic nitrogens is 2. The fourth-order valence-electron chi connectivity index (χ4n) is 3.72. The van der Waals surface area contributed by atoms with Crippen LogP contribution in [-0.4, -0.2) is 27.3 Å². The lowest BCUT2D eigenvalue weighted by molar-refractivity contribution is 0.0749. The van der Waals surface area contributed by atoms with E-state index in [4.69, 9.17) is 11.6 Å². The second kappa shape index (κ2) is 9.46. The maximum atomic E-state index is 13.5. The summed E-state index contributed by atoms with van der Waals surface area (Å²) < 4.78 is 0. The Hall–Kier alpha value is -3.64. The van der Waals surface area contributed by atoms with E-state index in [-0.39, 0.29) is 18.0 Å². The summed E-state index contributed by atoms with van der Waals surface area (Å²) in [6.45, 7) is 6.63. The van der Waals surface area contributed by atoms with Crippen molar-refractivity contribution in [2.45, 2.75) is 27.3 Å². The molecule has 1 amide bonds. The van der Waals surface area contributed by atoms with Gasteiger partial charge >= 0.3 is 0 Å². The lowest BCUT2D eigenvalue weighted by atomic mass is 10.1. The average Bonchev–Trinajstić information content (AvgIpc) is 2.80. The van der Waals surface area contributed by atoms with Crippen molar-refractivity contribution in [3.05, 3.63) is 98.6 Å². The van der Waals surface area contributed by atoms with Gasteiger partial charge in [-0.2, -0.15) is 0 Å². The number of benzene rings is 3. The van der Waals surface area contributed by atoms with Crippen LogP contribution in [0.15, 0.2) is 65.5 Å². The molecule has 2 N–H and O–H groups in total. The molecule has 168 valence electrons. The number of halogens is 1. The van der Waals surface area contributed by atoms with Crippen molar-refractivity contribution in [1.29, 1.82) is 0 Å². The maximum Gasteiger partial charge on any atom is 0.258 e. The fraction of sp³-hybridized carbons (Fsp3) is 0.192. The zero-order valence-corrected chi connectivity index (χ0v) is 19.5. The van der Waals surface area contributed by atoms with E-state index in [1.807, 2.05) is 37.3 Å². The second-order valence-corrected chi connectivity index (χ2v) is 8.35. The summed E-state index contributed by atoms with van der Waals surface area (Å²) in [4.78, 5) is 34.9. The highest BCUT2D eigenvalue weighted by Crippen LogP contribution is 2.26. The lowest BCUT2D eigenvalue weighted by Crippen LogP contribution is -2.32. The number of aromatic amines is 1. The monoisotopic (exact) mass is 460 g/mol. The topological polar surface area (TPSA) is 78.1 Å². The molecule has 4 rings (SSSR count). The van der Waals surface area contributed by atoms with E-state index in [2.05, 4.69) is 35.2 Å². The number of nitrogens with one attached hydrogen (secondary N) is 2. The number of rotatable bonds is 6. The van der Waals surface area contributed by atoms with E-state index in [9.17, 15) is 9.59 Å². The van der Waals surface area contributed by atoms with Gasteiger partial charge in [-0.25, -0.2) is 4.98 Å². The Morgan fingerprint density at radius 2 is 1.82 bits per heavy atom. The number of H-pyrrole nitrogens is 1. The number of fused-ring (bicyclic) bond motifs is 1. The van der Waals surface area contributed by atoms with E-state index in [1.54, 1.807) is 29.2 Å². The number of hydrogen-bond donors (Lipinski definition) is 2. The van der Waals surface area contributed by atoms with Gasteiger partial charge in [0.2, 0.25) is 0 Å². The zero-order chi connectivity index (χ0) is 23.5. The minimum Gasteiger partial charge on any atom is -0.355 e. The molecule has 4 aromatic rings. The Morgan fingerprint density at radius 3 is 2.61 bits per heavy atom. The second-order valence-electron chi connectivity index (χ2n) is 7.91. The molecule has 7 heteroatoms. The molecular weight excluding hydrogens is 436 g/mol. The van der Waals surface area contributed by atoms with Gasteiger partial charge in [-0.15, -0.1) is 0 Å².